The summed E-state index contributed by atoms with van der Waals surface area (Å²) in [6, 6.07) is 0. The maximum Gasteiger partial charge on any atom is 0.333 e. The predicted octanol–water partition coefficient (Wildman–Crippen LogP) is 7.20. The number of hydrogen-bond donors (Lipinski definition) is 2. The molecule has 0 aliphatic carbocycles. The van der Waals surface area contributed by atoms with Gasteiger partial charge in [-0.1, -0.05) is 133 Å². The summed E-state index contributed by atoms with van der Waals surface area (Å²) < 4.78 is 122. The highest BCUT2D eigenvalue weighted by atomic mass is 16.6. The molecular formula is C97H142O42. The molecule has 0 aromatic rings. The predicted molar refractivity (Wildman–Crippen MR) is 502 cm³/mol. The van der Waals surface area contributed by atoms with Crippen molar-refractivity contribution in [3.8, 4) is 0 Å². The van der Waals surface area contributed by atoms with E-state index in [2.05, 4.69) is 124 Å². The smallest absolute Gasteiger partial charge is 0.333 e. The number of carbonyl (C=O) groups is 16. The minimum atomic E-state index is -1.34. The van der Waals surface area contributed by atoms with Gasteiger partial charge in [-0.2, -0.15) is 0 Å². The van der Waals surface area contributed by atoms with Crippen LogP contribution in [0.5, 0.6) is 0 Å². The summed E-state index contributed by atoms with van der Waals surface area (Å²) in [6.07, 6.45) is 10.3. The van der Waals surface area contributed by atoms with Gasteiger partial charge in [0.15, 0.2) is 0 Å². The van der Waals surface area contributed by atoms with Crippen molar-refractivity contribution < 1.29 is 201 Å². The fourth-order valence-corrected chi connectivity index (χ4v) is 8.13. The highest BCUT2D eigenvalue weighted by Crippen LogP contribution is 2.27. The van der Waals surface area contributed by atoms with Crippen molar-refractivity contribution >= 4 is 95.5 Å². The molecule has 0 aromatic carbocycles. The molecule has 139 heavy (non-hydrogen) atoms. The van der Waals surface area contributed by atoms with E-state index in [0.717, 1.165) is 66.8 Å². The SMILES string of the molecule is C=C(C)C(=O)OCC(O)COC(=O)C(=C)C.C=C(C)C(=O)OCCOCC(CC)(COCCOC(=O)C(=C)C)COCCOC(=O)C(=C)C.C=CC(=O)OCC(COC(=O)C=C)(COC(=O)C=C)COC(=O)C=C.C=CC(=O)OCC(O)COC(=O)C=C.C=CC(=O)OCCOCC(C)(C)COCCOC(=O)C=C.C=CC(=O)OCCOCC(CC)(COCCOC(=O)C=C)COCCOC(=O)C=C. The van der Waals surface area contributed by atoms with Crippen LogP contribution in [-0.4, -0.2) is 329 Å². The lowest BCUT2D eigenvalue weighted by Gasteiger charge is -2.32. The Morgan fingerprint density at radius 1 is 0.216 bits per heavy atom. The second kappa shape index (κ2) is 86.5. The molecule has 0 aromatic heterocycles. The van der Waals surface area contributed by atoms with E-state index < -0.39 is 124 Å². The van der Waals surface area contributed by atoms with E-state index in [4.69, 9.17) is 99.8 Å². The number of aliphatic hydroxyl groups is 2. The molecular weight excluding hydrogens is 1840 g/mol. The minimum absolute atomic E-state index is 0.0981. The molecule has 0 saturated heterocycles. The summed E-state index contributed by atoms with van der Waals surface area (Å²) in [5.74, 6) is -9.40. The summed E-state index contributed by atoms with van der Waals surface area (Å²) in [7, 11) is 0. The van der Waals surface area contributed by atoms with Gasteiger partial charge in [-0.25, -0.2) is 76.7 Å². The Hall–Kier alpha value is -13.0. The van der Waals surface area contributed by atoms with Gasteiger partial charge in [-0.15, -0.1) is 0 Å². The second-order valence-electron chi connectivity index (χ2n) is 29.4. The zero-order valence-corrected chi connectivity index (χ0v) is 81.6. The summed E-state index contributed by atoms with van der Waals surface area (Å²) in [5, 5.41) is 18.4. The number of hydrogen-bond acceptors (Lipinski definition) is 42. The molecule has 0 rings (SSSR count). The number of esters is 16. The third kappa shape index (κ3) is 82.9. The number of ether oxygens (including phenoxy) is 24. The van der Waals surface area contributed by atoms with Crippen molar-refractivity contribution in [3.05, 3.63) is 200 Å². The first-order valence-electron chi connectivity index (χ1n) is 42.5. The van der Waals surface area contributed by atoms with Crippen LogP contribution >= 0.6 is 0 Å². The van der Waals surface area contributed by atoms with Crippen molar-refractivity contribution in [2.75, 3.05) is 211 Å². The summed E-state index contributed by atoms with van der Waals surface area (Å²) in [5.41, 5.74) is -1.09. The van der Waals surface area contributed by atoms with E-state index in [1.165, 1.54) is 13.8 Å². The van der Waals surface area contributed by atoms with Crippen molar-refractivity contribution in [2.45, 2.75) is 87.4 Å². The van der Waals surface area contributed by atoms with Crippen LogP contribution in [-0.2, 0) is 190 Å². The Balaban J connectivity index is -0.000000390. The van der Waals surface area contributed by atoms with Crippen molar-refractivity contribution in [1.82, 2.24) is 0 Å². The van der Waals surface area contributed by atoms with Crippen LogP contribution in [0, 0.1) is 21.7 Å². The van der Waals surface area contributed by atoms with E-state index >= 15 is 0 Å². The summed E-state index contributed by atoms with van der Waals surface area (Å²) in [6.45, 7) is 71.8. The molecule has 0 bridgehead atoms. The quantitative estimate of drug-likeness (QED) is 0.0263. The number of rotatable bonds is 74. The fraction of sp³-hybridized carbons (Fsp3) is 0.505. The lowest BCUT2D eigenvalue weighted by Crippen LogP contribution is -2.43. The number of aliphatic hydroxyl groups excluding tert-OH is 2. The van der Waals surface area contributed by atoms with Gasteiger partial charge in [0.25, 0.3) is 0 Å². The molecule has 0 saturated carbocycles. The third-order valence-corrected chi connectivity index (χ3v) is 16.0. The van der Waals surface area contributed by atoms with Crippen molar-refractivity contribution in [1.29, 1.82) is 0 Å². The second-order valence-corrected chi connectivity index (χ2v) is 29.4. The normalized spacial score (nSPS) is 10.4. The minimum Gasteiger partial charge on any atom is -0.462 e. The fourth-order valence-electron chi connectivity index (χ4n) is 8.13. The molecule has 0 heterocycles. The van der Waals surface area contributed by atoms with Crippen LogP contribution in [0.25, 0.3) is 0 Å². The van der Waals surface area contributed by atoms with Gasteiger partial charge >= 0.3 is 95.5 Å². The molecule has 42 nitrogen and oxygen atoms in total. The van der Waals surface area contributed by atoms with Crippen molar-refractivity contribution in [3.63, 3.8) is 0 Å². The molecule has 0 fully saturated rings. The van der Waals surface area contributed by atoms with Gasteiger partial charge < -0.3 is 124 Å². The zero-order chi connectivity index (χ0) is 107. The molecule has 42 heteroatoms. The zero-order valence-electron chi connectivity index (χ0n) is 81.6. The standard InChI is InChI=1S/C24H38O9.C21H32O9.C17H20O8.C15H24O6.C11H16O5.C9H12O5/c1-8-24(15-28-9-12-31-21(25)18(2)3,16-29-10-13-32-22(26)19(4)5)17-30-11-14-33-23(27)20(6)7;1-5-18(22)28-12-9-25-15-21(8-4,16-26-10-13-29-19(23)6-2)17-27-11-14-30-20(24)7-3;1-5-13(18)22-9-17(10-23-14(19)6-2,11-24-15(20)7-3)12-25-16(21)8-4;1-5-13(16)20-9-7-18-11-15(3,4)12-19-8-10-21-14(17)6-2;1-7(2)10(13)15-5-9(12)6-16-11(14)8(3)4;1-3-8(11)13-5-7(10)6-14-9(12)4-2/h2,4,6,8-17H2,1,3,5,7H3;5-7H,1-3,8-17H2,4H3;5-8H,1-4,9-12H2;5-6H,1-2,7-12H2,3-4H3;9,12H,1,3,5-6H2,2,4H3;3-4,7,10H,1-2,5-6H2. The average Bonchev–Trinajstić information content (AvgIpc) is 0.856. The van der Waals surface area contributed by atoms with E-state index in [0.29, 0.717) is 56.0 Å². The van der Waals surface area contributed by atoms with E-state index in [1.807, 2.05) is 27.7 Å². The Morgan fingerprint density at radius 3 is 0.540 bits per heavy atom. The highest BCUT2D eigenvalue weighted by molar-refractivity contribution is 5.90. The molecule has 2 N–H and O–H groups in total. The van der Waals surface area contributed by atoms with Gasteiger partial charge in [0.1, 0.15) is 123 Å². The molecule has 782 valence electrons. The van der Waals surface area contributed by atoms with Gasteiger partial charge in [0, 0.05) is 111 Å². The third-order valence-electron chi connectivity index (χ3n) is 16.0. The van der Waals surface area contributed by atoms with Crippen LogP contribution in [0.3, 0.4) is 0 Å². The Labute approximate surface area is 813 Å². The summed E-state index contributed by atoms with van der Waals surface area (Å²) >= 11 is 0. The monoisotopic (exact) mass is 1980 g/mol. The first kappa shape index (κ1) is 137. The van der Waals surface area contributed by atoms with Crippen LogP contribution in [0.15, 0.2) is 200 Å². The maximum absolute atomic E-state index is 11.4. The van der Waals surface area contributed by atoms with E-state index in [1.54, 1.807) is 20.8 Å². The van der Waals surface area contributed by atoms with Gasteiger partial charge in [-0.05, 0) is 47.5 Å². The molecule has 0 aliphatic rings. The first-order valence-corrected chi connectivity index (χ1v) is 42.5. The highest BCUT2D eigenvalue weighted by Gasteiger charge is 2.38. The van der Waals surface area contributed by atoms with E-state index in [9.17, 15) is 81.8 Å². The van der Waals surface area contributed by atoms with Gasteiger partial charge in [-0.3, -0.25) is 0 Å². The van der Waals surface area contributed by atoms with Gasteiger partial charge in [0.05, 0.1) is 106 Å². The van der Waals surface area contributed by atoms with Crippen molar-refractivity contribution in [2.24, 2.45) is 21.7 Å². The first-order chi connectivity index (χ1) is 65.6. The van der Waals surface area contributed by atoms with Crippen LogP contribution < -0.4 is 0 Å². The topological polar surface area (TPSA) is 535 Å². The average molecular weight is 1980 g/mol. The Bertz CT molecular complexity index is 3580. The molecule has 0 unspecified atom stereocenters. The Kier molecular flexibility index (Phi) is 85.1. The number of carbonyl (C=O) groups excluding carboxylic acids is 16. The van der Waals surface area contributed by atoms with Crippen LogP contribution in [0.4, 0.5) is 0 Å². The van der Waals surface area contributed by atoms with Crippen LogP contribution in [0.1, 0.15) is 75.2 Å². The molecule has 0 aliphatic heterocycles. The molecule has 0 radical (unpaired) electrons. The van der Waals surface area contributed by atoms with E-state index in [-0.39, 0.29) is 202 Å². The lowest BCUT2D eigenvalue weighted by atomic mass is 9.88. The summed E-state index contributed by atoms with van der Waals surface area (Å²) in [4.78, 5) is 177. The molecule has 0 atom stereocenters. The largest absolute Gasteiger partial charge is 0.462 e. The lowest BCUT2D eigenvalue weighted by molar-refractivity contribution is -0.165. The molecule has 0 amide bonds. The molecule has 0 spiro atoms. The maximum atomic E-state index is 11.4. The van der Waals surface area contributed by atoms with Crippen LogP contribution in [0.2, 0.25) is 0 Å². The Morgan fingerprint density at radius 2 is 0.367 bits per heavy atom. The van der Waals surface area contributed by atoms with Gasteiger partial charge in [0.2, 0.25) is 0 Å².